The molecular formula is C22H27FN4O4S. The van der Waals surface area contributed by atoms with E-state index in [1.54, 1.807) is 36.1 Å². The van der Waals surface area contributed by atoms with Crippen LogP contribution in [0.15, 0.2) is 34.9 Å². The van der Waals surface area contributed by atoms with Crippen LogP contribution in [0.1, 0.15) is 24.2 Å². The molecule has 1 saturated heterocycles. The Balaban J connectivity index is 1.30. The molecular weight excluding hydrogens is 435 g/mol. The Hall–Kier alpha value is -2.88. The summed E-state index contributed by atoms with van der Waals surface area (Å²) in [4.78, 5) is 38.4. The van der Waals surface area contributed by atoms with Crippen molar-refractivity contribution in [1.29, 1.82) is 0 Å². The van der Waals surface area contributed by atoms with E-state index in [0.717, 1.165) is 0 Å². The summed E-state index contributed by atoms with van der Waals surface area (Å²) in [5.41, 5.74) is 0.579. The lowest BCUT2D eigenvalue weighted by Crippen LogP contribution is -2.44. The van der Waals surface area contributed by atoms with Crippen molar-refractivity contribution in [3.05, 3.63) is 47.5 Å². The first-order valence-electron chi connectivity index (χ1n) is 10.5. The van der Waals surface area contributed by atoms with Crippen molar-refractivity contribution in [2.75, 3.05) is 36.5 Å². The second-order valence-corrected chi connectivity index (χ2v) is 8.64. The molecule has 2 heterocycles. The number of carbonyl (C=O) groups excluding carboxylic acids is 3. The van der Waals surface area contributed by atoms with E-state index in [4.69, 9.17) is 4.52 Å². The first-order chi connectivity index (χ1) is 15.4. The Morgan fingerprint density at radius 1 is 1.22 bits per heavy atom. The van der Waals surface area contributed by atoms with Crippen LogP contribution in [-0.4, -0.2) is 58.9 Å². The number of piperidine rings is 1. The number of hydrogen-bond donors (Lipinski definition) is 2. The fraction of sp³-hybridized carbons (Fsp3) is 0.455. The summed E-state index contributed by atoms with van der Waals surface area (Å²) >= 11 is 1.23. The topological polar surface area (TPSA) is 105 Å². The van der Waals surface area contributed by atoms with Crippen LogP contribution >= 0.6 is 11.8 Å². The Labute approximate surface area is 190 Å². The zero-order valence-corrected chi connectivity index (χ0v) is 18.8. The molecule has 32 heavy (non-hydrogen) atoms. The highest BCUT2D eigenvalue weighted by atomic mass is 32.2. The summed E-state index contributed by atoms with van der Waals surface area (Å²) in [6, 6.07) is 8.15. The van der Waals surface area contributed by atoms with Gasteiger partial charge in [0.1, 0.15) is 11.6 Å². The molecule has 1 aromatic heterocycles. The summed E-state index contributed by atoms with van der Waals surface area (Å²) in [5.74, 6) is 0.534. The maximum absolute atomic E-state index is 13.6. The number of thioether (sulfide) groups is 1. The molecule has 3 rings (SSSR count). The van der Waals surface area contributed by atoms with Crippen LogP contribution in [-0.2, 0) is 20.8 Å². The molecule has 3 amide bonds. The van der Waals surface area contributed by atoms with Gasteiger partial charge in [-0.05, 0) is 37.8 Å². The molecule has 2 N–H and O–H groups in total. The molecule has 0 bridgehead atoms. The van der Waals surface area contributed by atoms with Crippen molar-refractivity contribution in [2.45, 2.75) is 26.2 Å². The van der Waals surface area contributed by atoms with Crippen molar-refractivity contribution in [2.24, 2.45) is 5.92 Å². The average molecular weight is 463 g/mol. The molecule has 0 radical (unpaired) electrons. The van der Waals surface area contributed by atoms with Gasteiger partial charge >= 0.3 is 0 Å². The van der Waals surface area contributed by atoms with E-state index in [0.29, 0.717) is 56.0 Å². The molecule has 1 aromatic carbocycles. The SMILES string of the molecule is Cc1cc(NC(=O)CSCC(=O)N2CCC(C(=O)NCCc3ccccc3F)CC2)no1. The van der Waals surface area contributed by atoms with Gasteiger partial charge in [-0.15, -0.1) is 11.8 Å². The molecule has 1 aliphatic heterocycles. The van der Waals surface area contributed by atoms with E-state index in [2.05, 4.69) is 15.8 Å². The first-order valence-corrected chi connectivity index (χ1v) is 11.7. The standard InChI is InChI=1S/C22H27FN4O4S/c1-15-12-19(26-31-15)25-20(28)13-32-14-21(29)27-10-7-17(8-11-27)22(30)24-9-6-16-4-2-3-5-18(16)23/h2-5,12,17H,6-11,13-14H2,1H3,(H,24,30)(H,25,26,28). The molecule has 0 atom stereocenters. The number of likely N-dealkylation sites (tertiary alicyclic amines) is 1. The average Bonchev–Trinajstić information content (AvgIpc) is 3.19. The maximum Gasteiger partial charge on any atom is 0.235 e. The molecule has 10 heteroatoms. The Kier molecular flexibility index (Phi) is 8.66. The van der Waals surface area contributed by atoms with E-state index in [1.807, 2.05) is 0 Å². The number of aromatic nitrogens is 1. The van der Waals surface area contributed by atoms with E-state index >= 15 is 0 Å². The van der Waals surface area contributed by atoms with Gasteiger partial charge in [0.25, 0.3) is 0 Å². The second-order valence-electron chi connectivity index (χ2n) is 7.65. The van der Waals surface area contributed by atoms with Crippen LogP contribution in [0.5, 0.6) is 0 Å². The van der Waals surface area contributed by atoms with Gasteiger partial charge in [0.15, 0.2) is 5.82 Å². The molecule has 0 spiro atoms. The van der Waals surface area contributed by atoms with Gasteiger partial charge in [-0.25, -0.2) is 4.39 Å². The van der Waals surface area contributed by atoms with Gasteiger partial charge in [-0.3, -0.25) is 14.4 Å². The largest absolute Gasteiger partial charge is 0.360 e. The predicted molar refractivity (Wildman–Crippen MR) is 120 cm³/mol. The number of benzene rings is 1. The van der Waals surface area contributed by atoms with Gasteiger partial charge in [0.2, 0.25) is 17.7 Å². The third kappa shape index (κ3) is 7.08. The van der Waals surface area contributed by atoms with Crippen molar-refractivity contribution in [3.8, 4) is 0 Å². The lowest BCUT2D eigenvalue weighted by Gasteiger charge is -2.31. The third-order valence-electron chi connectivity index (χ3n) is 5.22. The fourth-order valence-corrected chi connectivity index (χ4v) is 4.20. The Bertz CT molecular complexity index is 944. The van der Waals surface area contributed by atoms with Crippen molar-refractivity contribution in [3.63, 3.8) is 0 Å². The number of nitrogens with zero attached hydrogens (tertiary/aromatic N) is 2. The van der Waals surface area contributed by atoms with Crippen LogP contribution in [0.2, 0.25) is 0 Å². The Morgan fingerprint density at radius 2 is 1.97 bits per heavy atom. The van der Waals surface area contributed by atoms with Gasteiger partial charge in [-0.2, -0.15) is 0 Å². The number of anilines is 1. The van der Waals surface area contributed by atoms with Crippen molar-refractivity contribution in [1.82, 2.24) is 15.4 Å². The lowest BCUT2D eigenvalue weighted by atomic mass is 9.96. The molecule has 0 aliphatic carbocycles. The predicted octanol–water partition coefficient (Wildman–Crippen LogP) is 2.39. The molecule has 2 aromatic rings. The zero-order valence-electron chi connectivity index (χ0n) is 17.9. The highest BCUT2D eigenvalue weighted by Crippen LogP contribution is 2.19. The van der Waals surface area contributed by atoms with Crippen LogP contribution in [0, 0.1) is 18.7 Å². The molecule has 0 unspecified atom stereocenters. The Morgan fingerprint density at radius 3 is 2.66 bits per heavy atom. The number of nitrogens with one attached hydrogen (secondary N) is 2. The van der Waals surface area contributed by atoms with Crippen LogP contribution in [0.3, 0.4) is 0 Å². The highest BCUT2D eigenvalue weighted by Gasteiger charge is 2.27. The van der Waals surface area contributed by atoms with E-state index in [1.165, 1.54) is 17.8 Å². The molecule has 8 nitrogen and oxygen atoms in total. The molecule has 1 aliphatic rings. The summed E-state index contributed by atoms with van der Waals surface area (Å²) in [7, 11) is 0. The van der Waals surface area contributed by atoms with Gasteiger partial charge < -0.3 is 20.1 Å². The molecule has 0 saturated carbocycles. The zero-order chi connectivity index (χ0) is 22.9. The number of amides is 3. The normalized spacial score (nSPS) is 14.2. The summed E-state index contributed by atoms with van der Waals surface area (Å²) < 4.78 is 18.5. The van der Waals surface area contributed by atoms with Crippen LogP contribution in [0.4, 0.5) is 10.2 Å². The summed E-state index contributed by atoms with van der Waals surface area (Å²) in [5, 5.41) is 9.17. The number of halogens is 1. The van der Waals surface area contributed by atoms with Crippen molar-refractivity contribution >= 4 is 35.3 Å². The quantitative estimate of drug-likeness (QED) is 0.593. The monoisotopic (exact) mass is 462 g/mol. The number of rotatable bonds is 9. The van der Waals surface area contributed by atoms with E-state index < -0.39 is 0 Å². The number of hydrogen-bond acceptors (Lipinski definition) is 6. The minimum atomic E-state index is -0.267. The summed E-state index contributed by atoms with van der Waals surface area (Å²) in [6.07, 6.45) is 1.62. The minimum Gasteiger partial charge on any atom is -0.360 e. The number of aryl methyl sites for hydroxylation is 1. The second kappa shape index (κ2) is 11.7. The summed E-state index contributed by atoms with van der Waals surface area (Å²) in [6.45, 7) is 3.13. The smallest absolute Gasteiger partial charge is 0.235 e. The molecule has 1 fully saturated rings. The first kappa shape index (κ1) is 23.8. The lowest BCUT2D eigenvalue weighted by molar-refractivity contribution is -0.133. The molecule has 172 valence electrons. The highest BCUT2D eigenvalue weighted by molar-refractivity contribution is 8.00. The van der Waals surface area contributed by atoms with Gasteiger partial charge in [0.05, 0.1) is 11.5 Å². The fourth-order valence-electron chi connectivity index (χ4n) is 3.48. The van der Waals surface area contributed by atoms with Gasteiger partial charge in [0, 0.05) is 31.6 Å². The van der Waals surface area contributed by atoms with Crippen molar-refractivity contribution < 1.29 is 23.3 Å². The minimum absolute atomic E-state index is 0.0431. The van der Waals surface area contributed by atoms with Gasteiger partial charge in [-0.1, -0.05) is 23.4 Å². The van der Waals surface area contributed by atoms with Crippen LogP contribution in [0.25, 0.3) is 0 Å². The van der Waals surface area contributed by atoms with Crippen LogP contribution < -0.4 is 10.6 Å². The number of carbonyl (C=O) groups is 3. The van der Waals surface area contributed by atoms with E-state index in [9.17, 15) is 18.8 Å². The maximum atomic E-state index is 13.6. The van der Waals surface area contributed by atoms with E-state index in [-0.39, 0.29) is 41.0 Å². The third-order valence-corrected chi connectivity index (χ3v) is 6.14.